The first-order valence-corrected chi connectivity index (χ1v) is 10.2. The van der Waals surface area contributed by atoms with Crippen LogP contribution in [0.5, 0.6) is 0 Å². The molecule has 2 heterocycles. The monoisotopic (exact) mass is 453 g/mol. The molecule has 0 spiro atoms. The van der Waals surface area contributed by atoms with Crippen molar-refractivity contribution >= 4 is 55.0 Å². The summed E-state index contributed by atoms with van der Waals surface area (Å²) < 4.78 is 6.90. The van der Waals surface area contributed by atoms with Crippen molar-refractivity contribution < 1.29 is 9.21 Å². The zero-order valence-electron chi connectivity index (χ0n) is 15.2. The second-order valence-corrected chi connectivity index (χ2v) is 8.13. The van der Waals surface area contributed by atoms with Crippen molar-refractivity contribution in [3.63, 3.8) is 0 Å². The Morgan fingerprint density at radius 3 is 2.75 bits per heavy atom. The van der Waals surface area contributed by atoms with Crippen LogP contribution in [0, 0.1) is 13.8 Å². The van der Waals surface area contributed by atoms with Crippen molar-refractivity contribution in [3.05, 3.63) is 80.8 Å². The lowest BCUT2D eigenvalue weighted by molar-refractivity contribution is 0.102. The summed E-state index contributed by atoms with van der Waals surface area (Å²) in [4.78, 5) is 21.6. The molecule has 7 heteroatoms. The molecule has 140 valence electrons. The molecule has 0 radical (unpaired) electrons. The molecule has 4 rings (SSSR count). The van der Waals surface area contributed by atoms with Gasteiger partial charge in [0.2, 0.25) is 5.55 Å². The van der Waals surface area contributed by atoms with E-state index < -0.39 is 0 Å². The second kappa shape index (κ2) is 7.69. The zero-order valence-corrected chi connectivity index (χ0v) is 17.6. The van der Waals surface area contributed by atoms with Crippen molar-refractivity contribution in [1.29, 1.82) is 0 Å². The normalized spacial score (nSPS) is 11.8. The highest BCUT2D eigenvalue weighted by Gasteiger charge is 2.14. The van der Waals surface area contributed by atoms with Crippen LogP contribution < -0.4 is 10.9 Å². The van der Waals surface area contributed by atoms with E-state index in [2.05, 4.69) is 31.2 Å². The van der Waals surface area contributed by atoms with Crippen LogP contribution in [-0.4, -0.2) is 10.9 Å². The molecule has 2 aromatic heterocycles. The van der Waals surface area contributed by atoms with Gasteiger partial charge in [-0.2, -0.15) is 0 Å². The van der Waals surface area contributed by atoms with Crippen LogP contribution in [0.3, 0.4) is 0 Å². The standard InChI is InChI=1S/C21H16BrN3O2S/c1-12-3-5-16(9-13(12)2)24-20-17(19(26)25-21-23-7-8-28-21)11-14-10-15(22)4-6-18(14)27-20/h3-11H,1-2H3,(H,23,25,26). The summed E-state index contributed by atoms with van der Waals surface area (Å²) in [7, 11) is 0. The molecule has 2 aromatic carbocycles. The number of anilines is 1. The van der Waals surface area contributed by atoms with E-state index in [1.165, 1.54) is 16.9 Å². The van der Waals surface area contributed by atoms with Gasteiger partial charge in [-0.15, -0.1) is 11.3 Å². The predicted molar refractivity (Wildman–Crippen MR) is 115 cm³/mol. The first-order valence-electron chi connectivity index (χ1n) is 8.56. The zero-order chi connectivity index (χ0) is 19.7. The average molecular weight is 454 g/mol. The molecule has 0 saturated heterocycles. The van der Waals surface area contributed by atoms with Gasteiger partial charge in [-0.3, -0.25) is 10.1 Å². The van der Waals surface area contributed by atoms with Gasteiger partial charge in [0.1, 0.15) is 11.1 Å². The van der Waals surface area contributed by atoms with Gasteiger partial charge in [-0.1, -0.05) is 22.0 Å². The Balaban J connectivity index is 1.89. The van der Waals surface area contributed by atoms with E-state index >= 15 is 0 Å². The van der Waals surface area contributed by atoms with E-state index in [4.69, 9.17) is 4.42 Å². The summed E-state index contributed by atoms with van der Waals surface area (Å²) in [5.74, 6) is -0.317. The first kappa shape index (κ1) is 18.6. The van der Waals surface area contributed by atoms with Crippen molar-refractivity contribution in [2.75, 3.05) is 5.32 Å². The topological polar surface area (TPSA) is 67.5 Å². The maximum Gasteiger partial charge on any atom is 0.262 e. The van der Waals surface area contributed by atoms with E-state index in [-0.39, 0.29) is 11.5 Å². The van der Waals surface area contributed by atoms with Gasteiger partial charge >= 0.3 is 0 Å². The molecular formula is C21H16BrN3O2S. The highest BCUT2D eigenvalue weighted by atomic mass is 79.9. The molecule has 1 N–H and O–H groups in total. The van der Waals surface area contributed by atoms with Crippen molar-refractivity contribution in [1.82, 2.24) is 4.98 Å². The number of carbonyl (C=O) groups is 1. The van der Waals surface area contributed by atoms with Crippen LogP contribution in [0.25, 0.3) is 11.0 Å². The molecule has 0 unspecified atom stereocenters. The molecule has 5 nitrogen and oxygen atoms in total. The quantitative estimate of drug-likeness (QED) is 0.429. The maximum absolute atomic E-state index is 12.9. The van der Waals surface area contributed by atoms with Crippen LogP contribution in [0.1, 0.15) is 21.5 Å². The molecule has 0 atom stereocenters. The van der Waals surface area contributed by atoms with Gasteiger partial charge in [0.15, 0.2) is 5.13 Å². The molecule has 28 heavy (non-hydrogen) atoms. The minimum absolute atomic E-state index is 0.257. The number of nitrogens with one attached hydrogen (secondary N) is 1. The van der Waals surface area contributed by atoms with Crippen LogP contribution in [0.15, 0.2) is 67.9 Å². The fraction of sp³-hybridized carbons (Fsp3) is 0.0952. The fourth-order valence-corrected chi connectivity index (χ4v) is 3.61. The Labute approximate surface area is 173 Å². The summed E-state index contributed by atoms with van der Waals surface area (Å²) in [6.07, 6.45) is 1.64. The summed E-state index contributed by atoms with van der Waals surface area (Å²) >= 11 is 4.81. The minimum Gasteiger partial charge on any atom is -0.438 e. The molecule has 1 amide bonds. The summed E-state index contributed by atoms with van der Waals surface area (Å²) in [5, 5.41) is 5.93. The van der Waals surface area contributed by atoms with E-state index in [1.807, 2.05) is 50.2 Å². The number of rotatable bonds is 3. The number of amides is 1. The van der Waals surface area contributed by atoms with Crippen LogP contribution in [0.4, 0.5) is 10.8 Å². The number of aryl methyl sites for hydroxylation is 2. The largest absolute Gasteiger partial charge is 0.438 e. The van der Waals surface area contributed by atoms with Crippen LogP contribution in [-0.2, 0) is 0 Å². The third-order valence-electron chi connectivity index (χ3n) is 4.33. The van der Waals surface area contributed by atoms with Crippen molar-refractivity contribution in [2.45, 2.75) is 13.8 Å². The van der Waals surface area contributed by atoms with Crippen molar-refractivity contribution in [3.8, 4) is 0 Å². The van der Waals surface area contributed by atoms with Crippen LogP contribution >= 0.6 is 27.3 Å². The lowest BCUT2D eigenvalue weighted by Crippen LogP contribution is -2.21. The van der Waals surface area contributed by atoms with E-state index in [1.54, 1.807) is 17.6 Å². The van der Waals surface area contributed by atoms with Gasteiger partial charge in [0, 0.05) is 21.4 Å². The van der Waals surface area contributed by atoms with Gasteiger partial charge < -0.3 is 4.42 Å². The van der Waals surface area contributed by atoms with E-state index in [9.17, 15) is 4.79 Å². The number of hydrogen-bond donors (Lipinski definition) is 1. The number of hydrogen-bond acceptors (Lipinski definition) is 5. The lowest BCUT2D eigenvalue weighted by atomic mass is 10.1. The van der Waals surface area contributed by atoms with Gasteiger partial charge in [0.05, 0.1) is 5.69 Å². The molecular weight excluding hydrogens is 438 g/mol. The fourth-order valence-electron chi connectivity index (χ4n) is 2.71. The summed E-state index contributed by atoms with van der Waals surface area (Å²) in [5.41, 5.74) is 4.29. The number of nitrogens with zero attached hydrogens (tertiary/aromatic N) is 2. The second-order valence-electron chi connectivity index (χ2n) is 6.32. The number of carbonyl (C=O) groups excluding carboxylic acids is 1. The number of aromatic nitrogens is 1. The Hall–Kier alpha value is -2.77. The third-order valence-corrected chi connectivity index (χ3v) is 5.51. The summed E-state index contributed by atoms with van der Waals surface area (Å²) in [6, 6.07) is 13.3. The van der Waals surface area contributed by atoms with Gasteiger partial charge in [-0.05, 0) is 61.4 Å². The lowest BCUT2D eigenvalue weighted by Gasteiger charge is -2.06. The highest BCUT2D eigenvalue weighted by molar-refractivity contribution is 9.10. The van der Waals surface area contributed by atoms with E-state index in [0.717, 1.165) is 21.1 Å². The maximum atomic E-state index is 12.9. The Bertz CT molecular complexity index is 1250. The molecule has 0 aliphatic rings. The number of halogens is 1. The van der Waals surface area contributed by atoms with E-state index in [0.29, 0.717) is 16.3 Å². The molecule has 0 aliphatic heterocycles. The Kier molecular flexibility index (Phi) is 5.11. The summed E-state index contributed by atoms with van der Waals surface area (Å²) in [6.45, 7) is 4.07. The number of thiazole rings is 1. The highest BCUT2D eigenvalue weighted by Crippen LogP contribution is 2.22. The number of fused-ring (bicyclic) bond motifs is 1. The van der Waals surface area contributed by atoms with Crippen molar-refractivity contribution in [2.24, 2.45) is 4.99 Å². The number of benzene rings is 2. The molecule has 0 fully saturated rings. The smallest absolute Gasteiger partial charge is 0.262 e. The third kappa shape index (κ3) is 3.90. The Morgan fingerprint density at radius 2 is 2.00 bits per heavy atom. The van der Waals surface area contributed by atoms with Crippen LogP contribution in [0.2, 0.25) is 0 Å². The SMILES string of the molecule is Cc1ccc(N=c2oc3ccc(Br)cc3cc2C(=O)Nc2nccs2)cc1C. The first-order chi connectivity index (χ1) is 13.5. The predicted octanol–water partition coefficient (Wildman–Crippen LogP) is 5.75. The molecule has 0 aliphatic carbocycles. The minimum atomic E-state index is -0.317. The van der Waals surface area contributed by atoms with Gasteiger partial charge in [-0.25, -0.2) is 9.98 Å². The van der Waals surface area contributed by atoms with Gasteiger partial charge in [0.25, 0.3) is 5.91 Å². The average Bonchev–Trinajstić information content (AvgIpc) is 3.17. The Morgan fingerprint density at radius 1 is 1.14 bits per heavy atom. The molecule has 4 aromatic rings. The molecule has 0 bridgehead atoms. The molecule has 0 saturated carbocycles.